The van der Waals surface area contributed by atoms with Crippen LogP contribution in [0.4, 0.5) is 18.9 Å². The summed E-state index contributed by atoms with van der Waals surface area (Å²) in [6.45, 7) is 0. The van der Waals surface area contributed by atoms with Gasteiger partial charge in [0, 0.05) is 18.2 Å². The van der Waals surface area contributed by atoms with E-state index >= 15 is 13.2 Å². The lowest BCUT2D eigenvalue weighted by atomic mass is 9.74. The van der Waals surface area contributed by atoms with Gasteiger partial charge in [0.1, 0.15) is 23.7 Å². The highest BCUT2D eigenvalue weighted by Gasteiger charge is 2.53. The van der Waals surface area contributed by atoms with Crippen molar-refractivity contribution in [1.82, 2.24) is 14.7 Å². The summed E-state index contributed by atoms with van der Waals surface area (Å²) >= 11 is 0. The number of halogens is 3. The summed E-state index contributed by atoms with van der Waals surface area (Å²) in [4.78, 5) is 30.3. The third-order valence-electron chi connectivity index (χ3n) is 6.23. The molecule has 202 valence electrons. The van der Waals surface area contributed by atoms with E-state index in [0.29, 0.717) is 4.57 Å². The van der Waals surface area contributed by atoms with Gasteiger partial charge in [0.15, 0.2) is 11.4 Å². The van der Waals surface area contributed by atoms with Crippen LogP contribution in [-0.4, -0.2) is 34.2 Å². The van der Waals surface area contributed by atoms with E-state index in [9.17, 15) is 20.1 Å². The lowest BCUT2D eigenvalue weighted by molar-refractivity contribution is 0.0253. The van der Waals surface area contributed by atoms with Crippen LogP contribution in [0.15, 0.2) is 70.3 Å². The molecule has 0 saturated heterocycles. The maximum Gasteiger partial charge on any atom is 0.296 e. The molecule has 13 heteroatoms. The maximum atomic E-state index is 17.8. The Morgan fingerprint density at radius 1 is 1.10 bits per heavy atom. The van der Waals surface area contributed by atoms with Crippen LogP contribution in [0, 0.1) is 22.7 Å². The second-order valence-electron chi connectivity index (χ2n) is 8.42. The minimum atomic E-state index is -3.55. The quantitative estimate of drug-likeness (QED) is 0.347. The fourth-order valence-corrected chi connectivity index (χ4v) is 4.41. The summed E-state index contributed by atoms with van der Waals surface area (Å²) in [5.74, 6) is -5.06. The normalized spacial score (nSPS) is 11.9. The molecule has 0 aliphatic rings. The number of benzene rings is 2. The molecule has 0 bridgehead atoms. The van der Waals surface area contributed by atoms with Crippen molar-refractivity contribution in [2.45, 2.75) is 18.0 Å². The highest BCUT2D eigenvalue weighted by Crippen LogP contribution is 2.50. The monoisotopic (exact) mass is 548 g/mol. The average Bonchev–Trinajstić information content (AvgIpc) is 3.47. The van der Waals surface area contributed by atoms with Gasteiger partial charge < -0.3 is 14.6 Å². The van der Waals surface area contributed by atoms with Crippen LogP contribution in [0.25, 0.3) is 0 Å². The van der Waals surface area contributed by atoms with Gasteiger partial charge in [-0.3, -0.25) is 14.2 Å². The summed E-state index contributed by atoms with van der Waals surface area (Å²) in [5, 5.41) is 25.2. The molecule has 1 unspecified atom stereocenters. The summed E-state index contributed by atoms with van der Waals surface area (Å²) in [6, 6.07) is 13.9. The lowest BCUT2D eigenvalue weighted by Crippen LogP contribution is -2.41. The standard InChI is InChI=1S/C27H19F3N6O4/c1-36-24(35-21(22(39-2)26(36)38)25(37)34-17-13-33-40-14-17)20(23(28)29)27(30,18-9-5-3-7-15(18)11-31)19-10-6-4-8-16(19)12-32/h3-10,13-14,20,23H,1-2H3,(H,34,37). The van der Waals surface area contributed by atoms with E-state index in [1.54, 1.807) is 12.1 Å². The number of aromatic nitrogens is 3. The van der Waals surface area contributed by atoms with Crippen molar-refractivity contribution < 1.29 is 27.2 Å². The number of nitriles is 2. The number of hydrogen-bond donors (Lipinski definition) is 1. The number of hydrogen-bond acceptors (Lipinski definition) is 8. The molecule has 10 nitrogen and oxygen atoms in total. The SMILES string of the molecule is COc1c(C(=O)Nc2cnoc2)nc(C(C(F)F)C(F)(c2ccccc2C#N)c2ccccc2C#N)n(C)c1=O. The number of nitrogens with zero attached hydrogens (tertiary/aromatic N) is 5. The zero-order chi connectivity index (χ0) is 29.0. The molecule has 1 amide bonds. The van der Waals surface area contributed by atoms with Crippen molar-refractivity contribution in [2.75, 3.05) is 12.4 Å². The van der Waals surface area contributed by atoms with Crippen molar-refractivity contribution in [3.8, 4) is 17.9 Å². The molecule has 0 radical (unpaired) electrons. The molecule has 40 heavy (non-hydrogen) atoms. The van der Waals surface area contributed by atoms with Crippen LogP contribution in [0.3, 0.4) is 0 Å². The molecule has 1 N–H and O–H groups in total. The fourth-order valence-electron chi connectivity index (χ4n) is 4.41. The number of methoxy groups -OCH3 is 1. The number of amides is 1. The first-order chi connectivity index (χ1) is 19.2. The molecule has 4 aromatic rings. The van der Waals surface area contributed by atoms with Gasteiger partial charge in [-0.15, -0.1) is 0 Å². The number of nitrogens with one attached hydrogen (secondary N) is 1. The summed E-state index contributed by atoms with van der Waals surface area (Å²) in [7, 11) is 2.14. The van der Waals surface area contributed by atoms with Crippen LogP contribution in [0.1, 0.15) is 44.5 Å². The first-order valence-corrected chi connectivity index (χ1v) is 11.5. The number of ether oxygens (including phenoxy) is 1. The Morgan fingerprint density at radius 3 is 2.15 bits per heavy atom. The van der Waals surface area contributed by atoms with E-state index in [-0.39, 0.29) is 16.8 Å². The van der Waals surface area contributed by atoms with Crippen LogP contribution in [0.5, 0.6) is 5.75 Å². The lowest BCUT2D eigenvalue weighted by Gasteiger charge is -2.35. The molecule has 2 aromatic carbocycles. The first kappa shape index (κ1) is 27.6. The van der Waals surface area contributed by atoms with E-state index < -0.39 is 57.9 Å². The molecule has 0 aliphatic heterocycles. The number of anilines is 1. The predicted molar refractivity (Wildman–Crippen MR) is 133 cm³/mol. The Morgan fingerprint density at radius 2 is 1.68 bits per heavy atom. The largest absolute Gasteiger partial charge is 0.489 e. The molecular weight excluding hydrogens is 529 g/mol. The van der Waals surface area contributed by atoms with Gasteiger partial charge in [-0.05, 0) is 12.1 Å². The highest BCUT2D eigenvalue weighted by molar-refractivity contribution is 6.04. The Bertz CT molecular complexity index is 1650. The number of carbonyl (C=O) groups is 1. The van der Waals surface area contributed by atoms with E-state index in [0.717, 1.165) is 38.8 Å². The maximum absolute atomic E-state index is 17.8. The topological polar surface area (TPSA) is 147 Å². The molecule has 0 saturated carbocycles. The summed E-state index contributed by atoms with van der Waals surface area (Å²) in [5.41, 5.74) is -6.51. The second kappa shape index (κ2) is 11.1. The smallest absolute Gasteiger partial charge is 0.296 e. The van der Waals surface area contributed by atoms with Crippen molar-refractivity contribution in [2.24, 2.45) is 7.05 Å². The van der Waals surface area contributed by atoms with Gasteiger partial charge in [-0.1, -0.05) is 41.6 Å². The molecule has 0 fully saturated rings. The van der Waals surface area contributed by atoms with Gasteiger partial charge in [0.2, 0.25) is 5.75 Å². The Kier molecular flexibility index (Phi) is 7.68. The zero-order valence-corrected chi connectivity index (χ0v) is 20.9. The molecule has 2 heterocycles. The Balaban J connectivity index is 2.07. The van der Waals surface area contributed by atoms with E-state index in [2.05, 4.69) is 20.0 Å². The first-order valence-electron chi connectivity index (χ1n) is 11.5. The molecule has 1 atom stereocenters. The zero-order valence-electron chi connectivity index (χ0n) is 20.9. The second-order valence-corrected chi connectivity index (χ2v) is 8.42. The van der Waals surface area contributed by atoms with E-state index in [1.807, 2.05) is 0 Å². The molecular formula is C27H19F3N6O4. The van der Waals surface area contributed by atoms with Gasteiger partial charge >= 0.3 is 0 Å². The van der Waals surface area contributed by atoms with E-state index in [4.69, 9.17) is 4.74 Å². The third kappa shape index (κ3) is 4.65. The van der Waals surface area contributed by atoms with Crippen LogP contribution in [0.2, 0.25) is 0 Å². The minimum Gasteiger partial charge on any atom is -0.489 e. The van der Waals surface area contributed by atoms with Crippen LogP contribution >= 0.6 is 0 Å². The van der Waals surface area contributed by atoms with Gasteiger partial charge in [-0.2, -0.15) is 10.5 Å². The van der Waals surface area contributed by atoms with Crippen molar-refractivity contribution >= 4 is 11.6 Å². The van der Waals surface area contributed by atoms with Crippen molar-refractivity contribution in [3.63, 3.8) is 0 Å². The summed E-state index contributed by atoms with van der Waals surface area (Å²) < 4.78 is 58.4. The molecule has 0 spiro atoms. The van der Waals surface area contributed by atoms with Gasteiger partial charge in [0.25, 0.3) is 17.9 Å². The Hall–Kier alpha value is -5.43. The number of rotatable bonds is 8. The van der Waals surface area contributed by atoms with Crippen molar-refractivity contribution in [1.29, 1.82) is 10.5 Å². The van der Waals surface area contributed by atoms with Gasteiger partial charge in [0.05, 0.1) is 36.6 Å². The minimum absolute atomic E-state index is 0.0622. The molecule has 0 aliphatic carbocycles. The third-order valence-corrected chi connectivity index (χ3v) is 6.23. The predicted octanol–water partition coefficient (Wildman–Crippen LogP) is 4.03. The molecule has 2 aromatic heterocycles. The average molecular weight is 548 g/mol. The van der Waals surface area contributed by atoms with Crippen LogP contribution in [-0.2, 0) is 12.7 Å². The van der Waals surface area contributed by atoms with Gasteiger partial charge in [-0.25, -0.2) is 18.2 Å². The number of carbonyl (C=O) groups excluding carboxylic acids is 1. The van der Waals surface area contributed by atoms with Crippen molar-refractivity contribution in [3.05, 3.63) is 105 Å². The van der Waals surface area contributed by atoms with E-state index in [1.165, 1.54) is 36.4 Å². The molecule has 4 rings (SSSR count). The fraction of sp³-hybridized carbons (Fsp3) is 0.185. The van der Waals surface area contributed by atoms with Crippen LogP contribution < -0.4 is 15.6 Å². The summed E-state index contributed by atoms with van der Waals surface area (Å²) in [6.07, 6.45) is -1.35. The Labute approximate surface area is 224 Å². The highest BCUT2D eigenvalue weighted by atomic mass is 19.3. The number of alkyl halides is 3.